The number of allylic oxidation sites excluding steroid dienone is 1. The van der Waals surface area contributed by atoms with Gasteiger partial charge in [-0.1, -0.05) is 24.5 Å². The average molecular weight is 280 g/mol. The number of hydrazine groups is 1. The highest BCUT2D eigenvalue weighted by Crippen LogP contribution is 2.22. The van der Waals surface area contributed by atoms with Gasteiger partial charge in [0.25, 0.3) is 0 Å². The van der Waals surface area contributed by atoms with Gasteiger partial charge in [-0.2, -0.15) is 0 Å². The molecule has 0 fully saturated rings. The SMILES string of the molecule is NNC(Cc1cc(F)cc(F)c1)/C1=C/CCCCCC1. The van der Waals surface area contributed by atoms with Crippen LogP contribution in [0.5, 0.6) is 0 Å². The van der Waals surface area contributed by atoms with E-state index < -0.39 is 11.6 Å². The van der Waals surface area contributed by atoms with Gasteiger partial charge < -0.3 is 0 Å². The van der Waals surface area contributed by atoms with Gasteiger partial charge in [0.1, 0.15) is 11.6 Å². The zero-order valence-corrected chi connectivity index (χ0v) is 11.7. The molecule has 2 rings (SSSR count). The van der Waals surface area contributed by atoms with Crippen molar-refractivity contribution in [1.82, 2.24) is 5.43 Å². The van der Waals surface area contributed by atoms with Crippen LogP contribution < -0.4 is 11.3 Å². The van der Waals surface area contributed by atoms with Crippen LogP contribution in [0.15, 0.2) is 29.8 Å². The first-order valence-corrected chi connectivity index (χ1v) is 7.29. The van der Waals surface area contributed by atoms with E-state index in [0.29, 0.717) is 12.0 Å². The van der Waals surface area contributed by atoms with E-state index in [2.05, 4.69) is 11.5 Å². The molecule has 1 aromatic rings. The maximum atomic E-state index is 13.2. The molecule has 1 unspecified atom stereocenters. The van der Waals surface area contributed by atoms with Gasteiger partial charge in [0, 0.05) is 12.1 Å². The molecule has 20 heavy (non-hydrogen) atoms. The van der Waals surface area contributed by atoms with Crippen LogP contribution in [0.3, 0.4) is 0 Å². The van der Waals surface area contributed by atoms with Gasteiger partial charge in [-0.15, -0.1) is 0 Å². The van der Waals surface area contributed by atoms with Crippen LogP contribution in [0.25, 0.3) is 0 Å². The summed E-state index contributed by atoms with van der Waals surface area (Å²) in [6.45, 7) is 0. The first kappa shape index (κ1) is 15.1. The fraction of sp³-hybridized carbons (Fsp3) is 0.500. The zero-order valence-electron chi connectivity index (χ0n) is 11.7. The Morgan fingerprint density at radius 2 is 1.75 bits per heavy atom. The minimum absolute atomic E-state index is 0.0469. The fourth-order valence-corrected chi connectivity index (χ4v) is 2.79. The Bertz CT molecular complexity index is 451. The van der Waals surface area contributed by atoms with Gasteiger partial charge >= 0.3 is 0 Å². The quantitative estimate of drug-likeness (QED) is 0.502. The van der Waals surface area contributed by atoms with Crippen LogP contribution in [0.4, 0.5) is 8.78 Å². The van der Waals surface area contributed by atoms with E-state index in [0.717, 1.165) is 25.3 Å². The highest BCUT2D eigenvalue weighted by Gasteiger charge is 2.15. The zero-order chi connectivity index (χ0) is 14.4. The molecule has 4 heteroatoms. The van der Waals surface area contributed by atoms with E-state index >= 15 is 0 Å². The van der Waals surface area contributed by atoms with Crippen molar-refractivity contribution in [3.63, 3.8) is 0 Å². The Balaban J connectivity index is 2.10. The minimum Gasteiger partial charge on any atom is -0.271 e. The summed E-state index contributed by atoms with van der Waals surface area (Å²) < 4.78 is 26.5. The Hall–Kier alpha value is -1.26. The molecule has 0 saturated heterocycles. The number of nitrogens with two attached hydrogens (primary N) is 1. The van der Waals surface area contributed by atoms with Crippen molar-refractivity contribution in [2.45, 2.75) is 51.0 Å². The number of nitrogens with one attached hydrogen (secondary N) is 1. The predicted molar refractivity (Wildman–Crippen MR) is 77.0 cm³/mol. The molecule has 1 aromatic carbocycles. The molecule has 0 aliphatic heterocycles. The second-order valence-electron chi connectivity index (χ2n) is 5.43. The maximum Gasteiger partial charge on any atom is 0.126 e. The molecule has 1 aliphatic carbocycles. The average Bonchev–Trinajstić information content (AvgIpc) is 2.35. The van der Waals surface area contributed by atoms with Gasteiger partial charge in [0.05, 0.1) is 0 Å². The molecule has 110 valence electrons. The lowest BCUT2D eigenvalue weighted by Gasteiger charge is -2.21. The third-order valence-electron chi connectivity index (χ3n) is 3.84. The smallest absolute Gasteiger partial charge is 0.126 e. The standard InChI is InChI=1S/C16H22F2N2/c17-14-8-12(9-15(18)11-14)10-16(20-19)13-6-4-2-1-3-5-7-13/h6,8-9,11,16,20H,1-5,7,10,19H2/b13-6+. The lowest BCUT2D eigenvalue weighted by molar-refractivity contribution is 0.531. The van der Waals surface area contributed by atoms with Gasteiger partial charge in [-0.3, -0.25) is 11.3 Å². The van der Waals surface area contributed by atoms with Crippen molar-refractivity contribution in [2.24, 2.45) is 5.84 Å². The Labute approximate surface area is 119 Å². The molecule has 1 atom stereocenters. The van der Waals surface area contributed by atoms with Crippen LogP contribution >= 0.6 is 0 Å². The summed E-state index contributed by atoms with van der Waals surface area (Å²) in [5.74, 6) is 4.56. The van der Waals surface area contributed by atoms with Gasteiger partial charge in [-0.25, -0.2) is 8.78 Å². The van der Waals surface area contributed by atoms with Gasteiger partial charge in [0.2, 0.25) is 0 Å². The van der Waals surface area contributed by atoms with Crippen molar-refractivity contribution < 1.29 is 8.78 Å². The normalized spacial score (nSPS) is 20.6. The number of hydrogen-bond donors (Lipinski definition) is 2. The van der Waals surface area contributed by atoms with Crippen LogP contribution in [0, 0.1) is 11.6 Å². The predicted octanol–water partition coefficient (Wildman–Crippen LogP) is 3.62. The van der Waals surface area contributed by atoms with Crippen LogP contribution in [-0.4, -0.2) is 6.04 Å². The molecule has 0 radical (unpaired) electrons. The van der Waals surface area contributed by atoms with Crippen molar-refractivity contribution in [3.05, 3.63) is 47.0 Å². The van der Waals surface area contributed by atoms with Crippen LogP contribution in [0.1, 0.15) is 44.1 Å². The van der Waals surface area contributed by atoms with Crippen molar-refractivity contribution >= 4 is 0 Å². The highest BCUT2D eigenvalue weighted by atomic mass is 19.1. The third-order valence-corrected chi connectivity index (χ3v) is 3.84. The molecule has 0 heterocycles. The van der Waals surface area contributed by atoms with Crippen molar-refractivity contribution in [1.29, 1.82) is 0 Å². The second kappa shape index (κ2) is 7.50. The number of benzene rings is 1. The van der Waals surface area contributed by atoms with Crippen LogP contribution in [0.2, 0.25) is 0 Å². The molecule has 0 bridgehead atoms. The van der Waals surface area contributed by atoms with E-state index in [1.807, 2.05) is 0 Å². The van der Waals surface area contributed by atoms with E-state index in [9.17, 15) is 8.78 Å². The summed E-state index contributed by atoms with van der Waals surface area (Å²) >= 11 is 0. The van der Waals surface area contributed by atoms with E-state index in [1.54, 1.807) is 0 Å². The molecular weight excluding hydrogens is 258 g/mol. The summed E-state index contributed by atoms with van der Waals surface area (Å²) in [6.07, 6.45) is 9.69. The number of halogens is 2. The topological polar surface area (TPSA) is 38.0 Å². The molecule has 0 amide bonds. The van der Waals surface area contributed by atoms with Gasteiger partial charge in [-0.05, 0) is 49.8 Å². The molecule has 0 spiro atoms. The third kappa shape index (κ3) is 4.39. The maximum absolute atomic E-state index is 13.2. The minimum atomic E-state index is -0.539. The second-order valence-corrected chi connectivity index (χ2v) is 5.43. The number of rotatable bonds is 4. The molecule has 3 N–H and O–H groups in total. The highest BCUT2D eigenvalue weighted by molar-refractivity contribution is 5.23. The van der Waals surface area contributed by atoms with Crippen molar-refractivity contribution in [3.8, 4) is 0 Å². The number of hydrogen-bond acceptors (Lipinski definition) is 2. The lowest BCUT2D eigenvalue weighted by atomic mass is 9.91. The van der Waals surface area contributed by atoms with E-state index in [1.165, 1.54) is 37.0 Å². The van der Waals surface area contributed by atoms with Gasteiger partial charge in [0.15, 0.2) is 0 Å². The Kier molecular flexibility index (Phi) is 5.68. The Morgan fingerprint density at radius 3 is 2.45 bits per heavy atom. The molecule has 0 aromatic heterocycles. The molecule has 1 aliphatic rings. The van der Waals surface area contributed by atoms with E-state index in [-0.39, 0.29) is 6.04 Å². The summed E-state index contributed by atoms with van der Waals surface area (Å²) in [5, 5.41) is 0. The first-order chi connectivity index (χ1) is 9.69. The van der Waals surface area contributed by atoms with Crippen LogP contribution in [-0.2, 0) is 6.42 Å². The summed E-state index contributed by atoms with van der Waals surface area (Å²) in [4.78, 5) is 0. The fourth-order valence-electron chi connectivity index (χ4n) is 2.79. The largest absolute Gasteiger partial charge is 0.271 e. The van der Waals surface area contributed by atoms with E-state index in [4.69, 9.17) is 5.84 Å². The Morgan fingerprint density at radius 1 is 1.05 bits per heavy atom. The molecule has 0 saturated carbocycles. The molecule has 2 nitrogen and oxygen atoms in total. The first-order valence-electron chi connectivity index (χ1n) is 7.29. The lowest BCUT2D eigenvalue weighted by Crippen LogP contribution is -2.38. The summed E-state index contributed by atoms with van der Waals surface area (Å²) in [7, 11) is 0. The summed E-state index contributed by atoms with van der Waals surface area (Å²) in [6, 6.07) is 3.59. The summed E-state index contributed by atoms with van der Waals surface area (Å²) in [5.41, 5.74) is 4.69. The molecular formula is C16H22F2N2. The van der Waals surface area contributed by atoms with Crippen molar-refractivity contribution in [2.75, 3.05) is 0 Å². The monoisotopic (exact) mass is 280 g/mol.